The molecule has 1 aromatic rings. The molecule has 4 heteroatoms. The van der Waals surface area contributed by atoms with Crippen molar-refractivity contribution in [2.45, 2.75) is 32.7 Å². The van der Waals surface area contributed by atoms with Crippen molar-refractivity contribution in [1.29, 1.82) is 0 Å². The average Bonchev–Trinajstić information content (AvgIpc) is 3.26. The molecule has 0 radical (unpaired) electrons. The van der Waals surface area contributed by atoms with E-state index in [9.17, 15) is 4.79 Å². The van der Waals surface area contributed by atoms with Gasteiger partial charge in [0.1, 0.15) is 0 Å². The number of nitrogens with zero attached hydrogens (tertiary/aromatic N) is 1. The predicted molar refractivity (Wildman–Crippen MR) is 84.0 cm³/mol. The molecule has 20 heavy (non-hydrogen) atoms. The summed E-state index contributed by atoms with van der Waals surface area (Å²) < 4.78 is 6.13. The SMILES string of the molecule is COCCN(C(=O)c1ccc(C)c(Br)c1)C(C)C1CC1. The van der Waals surface area contributed by atoms with E-state index in [2.05, 4.69) is 22.9 Å². The minimum atomic E-state index is 0.0992. The molecule has 110 valence electrons. The van der Waals surface area contributed by atoms with Crippen LogP contribution in [0.5, 0.6) is 0 Å². The summed E-state index contributed by atoms with van der Waals surface area (Å²) in [6, 6.07) is 6.09. The first-order chi connectivity index (χ1) is 9.54. The zero-order valence-corrected chi connectivity index (χ0v) is 13.9. The zero-order chi connectivity index (χ0) is 14.7. The number of rotatable bonds is 6. The van der Waals surface area contributed by atoms with Gasteiger partial charge in [-0.15, -0.1) is 0 Å². The molecule has 0 spiro atoms. The predicted octanol–water partition coefficient (Wildman–Crippen LogP) is 3.64. The van der Waals surface area contributed by atoms with Crippen LogP contribution in [0.15, 0.2) is 22.7 Å². The highest BCUT2D eigenvalue weighted by molar-refractivity contribution is 9.10. The highest BCUT2D eigenvalue weighted by Gasteiger charge is 2.34. The first kappa shape index (κ1) is 15.5. The Bertz CT molecular complexity index is 485. The van der Waals surface area contributed by atoms with Gasteiger partial charge in [0, 0.05) is 29.7 Å². The molecule has 1 amide bonds. The van der Waals surface area contributed by atoms with Gasteiger partial charge in [0.05, 0.1) is 6.61 Å². The zero-order valence-electron chi connectivity index (χ0n) is 12.4. The number of benzene rings is 1. The summed E-state index contributed by atoms with van der Waals surface area (Å²) in [5, 5.41) is 0. The van der Waals surface area contributed by atoms with Crippen LogP contribution in [0.4, 0.5) is 0 Å². The molecule has 1 aromatic carbocycles. The van der Waals surface area contributed by atoms with Gasteiger partial charge in [0.25, 0.3) is 5.91 Å². The number of hydrogen-bond acceptors (Lipinski definition) is 2. The maximum Gasteiger partial charge on any atom is 0.254 e. The highest BCUT2D eigenvalue weighted by atomic mass is 79.9. The fourth-order valence-corrected chi connectivity index (χ4v) is 2.78. The first-order valence-corrected chi connectivity index (χ1v) is 7.90. The van der Waals surface area contributed by atoms with Crippen LogP contribution in [0, 0.1) is 12.8 Å². The largest absolute Gasteiger partial charge is 0.383 e. The van der Waals surface area contributed by atoms with Crippen LogP contribution in [0.2, 0.25) is 0 Å². The van der Waals surface area contributed by atoms with Crippen LogP contribution >= 0.6 is 15.9 Å². The van der Waals surface area contributed by atoms with E-state index in [1.807, 2.05) is 30.0 Å². The van der Waals surface area contributed by atoms with Crippen LogP contribution in [0.3, 0.4) is 0 Å². The average molecular weight is 340 g/mol. The maximum atomic E-state index is 12.7. The maximum absolute atomic E-state index is 12.7. The lowest BCUT2D eigenvalue weighted by atomic mass is 10.1. The van der Waals surface area contributed by atoms with E-state index >= 15 is 0 Å². The lowest BCUT2D eigenvalue weighted by Crippen LogP contribution is -2.42. The number of amides is 1. The molecule has 0 aliphatic heterocycles. The third-order valence-corrected chi connectivity index (χ3v) is 4.87. The van der Waals surface area contributed by atoms with Crippen molar-refractivity contribution in [3.63, 3.8) is 0 Å². The van der Waals surface area contributed by atoms with Crippen molar-refractivity contribution in [1.82, 2.24) is 4.90 Å². The van der Waals surface area contributed by atoms with Crippen LogP contribution in [0.1, 0.15) is 35.7 Å². The Balaban J connectivity index is 2.17. The molecule has 1 unspecified atom stereocenters. The molecule has 0 saturated heterocycles. The second-order valence-corrected chi connectivity index (χ2v) is 6.39. The molecule has 0 heterocycles. The Labute approximate surface area is 129 Å². The number of methoxy groups -OCH3 is 1. The molecule has 1 aliphatic carbocycles. The van der Waals surface area contributed by atoms with E-state index in [1.54, 1.807) is 7.11 Å². The van der Waals surface area contributed by atoms with Gasteiger partial charge in [-0.25, -0.2) is 0 Å². The summed E-state index contributed by atoms with van der Waals surface area (Å²) in [7, 11) is 1.67. The number of hydrogen-bond donors (Lipinski definition) is 0. The number of carbonyl (C=O) groups excluding carboxylic acids is 1. The molecule has 3 nitrogen and oxygen atoms in total. The molecular formula is C16H22BrNO2. The lowest BCUT2D eigenvalue weighted by Gasteiger charge is -2.29. The minimum Gasteiger partial charge on any atom is -0.383 e. The van der Waals surface area contributed by atoms with E-state index in [0.717, 1.165) is 15.6 Å². The van der Waals surface area contributed by atoms with Crippen molar-refractivity contribution < 1.29 is 9.53 Å². The molecule has 1 saturated carbocycles. The quantitative estimate of drug-likeness (QED) is 0.791. The van der Waals surface area contributed by atoms with Crippen LogP contribution in [-0.2, 0) is 4.74 Å². The third kappa shape index (κ3) is 3.61. The Morgan fingerprint density at radius 2 is 2.20 bits per heavy atom. The molecule has 0 aromatic heterocycles. The summed E-state index contributed by atoms with van der Waals surface area (Å²) in [4.78, 5) is 14.7. The first-order valence-electron chi connectivity index (χ1n) is 7.10. The van der Waals surface area contributed by atoms with Crippen molar-refractivity contribution in [3.05, 3.63) is 33.8 Å². The fourth-order valence-electron chi connectivity index (χ4n) is 2.40. The van der Waals surface area contributed by atoms with E-state index in [0.29, 0.717) is 19.1 Å². The van der Waals surface area contributed by atoms with E-state index < -0.39 is 0 Å². The number of aryl methyl sites for hydroxylation is 1. The Hall–Kier alpha value is -0.870. The molecule has 1 fully saturated rings. The number of carbonyl (C=O) groups is 1. The van der Waals surface area contributed by atoms with Gasteiger partial charge in [-0.3, -0.25) is 4.79 Å². The van der Waals surface area contributed by atoms with Gasteiger partial charge in [-0.1, -0.05) is 22.0 Å². The van der Waals surface area contributed by atoms with E-state index in [4.69, 9.17) is 4.74 Å². The molecule has 1 aliphatic rings. The highest BCUT2D eigenvalue weighted by Crippen LogP contribution is 2.35. The third-order valence-electron chi connectivity index (χ3n) is 4.01. The number of ether oxygens (including phenoxy) is 1. The standard InChI is InChI=1S/C16H22BrNO2/c1-11-4-5-14(10-15(11)17)16(19)18(8-9-20-3)12(2)13-6-7-13/h4-5,10,12-13H,6-9H2,1-3H3. The minimum absolute atomic E-state index is 0.0992. The summed E-state index contributed by atoms with van der Waals surface area (Å²) in [5.41, 5.74) is 1.88. The van der Waals surface area contributed by atoms with Gasteiger partial charge < -0.3 is 9.64 Å². The fraction of sp³-hybridized carbons (Fsp3) is 0.562. The molecule has 1 atom stereocenters. The number of halogens is 1. The van der Waals surface area contributed by atoms with Crippen LogP contribution < -0.4 is 0 Å². The second-order valence-electron chi connectivity index (χ2n) is 5.53. The van der Waals surface area contributed by atoms with Gasteiger partial charge in [0.2, 0.25) is 0 Å². The van der Waals surface area contributed by atoms with E-state index in [-0.39, 0.29) is 11.9 Å². The molecule has 0 bridgehead atoms. The van der Waals surface area contributed by atoms with Gasteiger partial charge >= 0.3 is 0 Å². The van der Waals surface area contributed by atoms with Crippen molar-refractivity contribution in [2.75, 3.05) is 20.3 Å². The molecule has 0 N–H and O–H groups in total. The molecular weight excluding hydrogens is 318 g/mol. The van der Waals surface area contributed by atoms with Gasteiger partial charge in [-0.2, -0.15) is 0 Å². The Morgan fingerprint density at radius 3 is 2.75 bits per heavy atom. The van der Waals surface area contributed by atoms with Crippen LogP contribution in [0.25, 0.3) is 0 Å². The summed E-state index contributed by atoms with van der Waals surface area (Å²) in [5.74, 6) is 0.756. The summed E-state index contributed by atoms with van der Waals surface area (Å²) in [6.07, 6.45) is 2.46. The monoisotopic (exact) mass is 339 g/mol. The van der Waals surface area contributed by atoms with E-state index in [1.165, 1.54) is 12.8 Å². The van der Waals surface area contributed by atoms with Crippen molar-refractivity contribution >= 4 is 21.8 Å². The normalized spacial score (nSPS) is 16.0. The second kappa shape index (κ2) is 6.72. The van der Waals surface area contributed by atoms with Gasteiger partial charge in [0.15, 0.2) is 0 Å². The Morgan fingerprint density at radius 1 is 1.50 bits per heavy atom. The van der Waals surface area contributed by atoms with Crippen molar-refractivity contribution in [3.8, 4) is 0 Å². The van der Waals surface area contributed by atoms with Gasteiger partial charge in [-0.05, 0) is 50.3 Å². The van der Waals surface area contributed by atoms with Crippen molar-refractivity contribution in [2.24, 2.45) is 5.92 Å². The lowest BCUT2D eigenvalue weighted by molar-refractivity contribution is 0.0594. The summed E-state index contributed by atoms with van der Waals surface area (Å²) >= 11 is 3.50. The van der Waals surface area contributed by atoms with Crippen LogP contribution in [-0.4, -0.2) is 37.1 Å². The Kier molecular flexibility index (Phi) is 5.22. The topological polar surface area (TPSA) is 29.5 Å². The molecule has 2 rings (SSSR count). The smallest absolute Gasteiger partial charge is 0.254 e. The summed E-state index contributed by atoms with van der Waals surface area (Å²) in [6.45, 7) is 5.40.